The number of aliphatic hydroxyl groups is 1. The molecule has 0 aliphatic heterocycles. The van der Waals surface area contributed by atoms with E-state index in [2.05, 4.69) is 5.32 Å². The zero-order valence-corrected chi connectivity index (χ0v) is 11.2. The number of hydrogen-bond acceptors (Lipinski definition) is 4. The SMILES string of the molecule is COCCOCCCCNCCCCCCO. The zero-order valence-electron chi connectivity index (χ0n) is 11.2. The second-order valence-corrected chi connectivity index (χ2v) is 4.20. The normalized spacial score (nSPS) is 10.9. The van der Waals surface area contributed by atoms with Gasteiger partial charge in [0.25, 0.3) is 0 Å². The van der Waals surface area contributed by atoms with E-state index in [-0.39, 0.29) is 0 Å². The van der Waals surface area contributed by atoms with Gasteiger partial charge in [0.2, 0.25) is 0 Å². The van der Waals surface area contributed by atoms with Gasteiger partial charge >= 0.3 is 0 Å². The van der Waals surface area contributed by atoms with Gasteiger partial charge in [-0.3, -0.25) is 0 Å². The van der Waals surface area contributed by atoms with E-state index in [0.29, 0.717) is 19.8 Å². The summed E-state index contributed by atoms with van der Waals surface area (Å²) in [5.41, 5.74) is 0. The van der Waals surface area contributed by atoms with E-state index in [4.69, 9.17) is 14.6 Å². The van der Waals surface area contributed by atoms with Crippen molar-refractivity contribution in [2.75, 3.05) is 46.6 Å². The monoisotopic (exact) mass is 247 g/mol. The Balaban J connectivity index is 2.85. The molecule has 17 heavy (non-hydrogen) atoms. The molecule has 0 rings (SSSR count). The molecule has 0 heterocycles. The summed E-state index contributed by atoms with van der Waals surface area (Å²) in [4.78, 5) is 0. The smallest absolute Gasteiger partial charge is 0.0700 e. The van der Waals surface area contributed by atoms with Crippen molar-refractivity contribution in [1.82, 2.24) is 5.32 Å². The summed E-state index contributed by atoms with van der Waals surface area (Å²) in [6.45, 7) is 4.72. The first-order valence-corrected chi connectivity index (χ1v) is 6.80. The second-order valence-electron chi connectivity index (χ2n) is 4.20. The van der Waals surface area contributed by atoms with Gasteiger partial charge < -0.3 is 19.9 Å². The first-order valence-electron chi connectivity index (χ1n) is 6.80. The van der Waals surface area contributed by atoms with Crippen LogP contribution < -0.4 is 5.32 Å². The van der Waals surface area contributed by atoms with Gasteiger partial charge in [-0.15, -0.1) is 0 Å². The van der Waals surface area contributed by atoms with Gasteiger partial charge in [-0.1, -0.05) is 12.8 Å². The van der Waals surface area contributed by atoms with Crippen LogP contribution in [0, 0.1) is 0 Å². The molecule has 0 atom stereocenters. The predicted molar refractivity (Wildman–Crippen MR) is 70.4 cm³/mol. The Labute approximate surface area is 106 Å². The molecule has 0 aromatic carbocycles. The van der Waals surface area contributed by atoms with Crippen LogP contribution in [0.25, 0.3) is 0 Å². The van der Waals surface area contributed by atoms with Crippen LogP contribution in [0.1, 0.15) is 38.5 Å². The molecular weight excluding hydrogens is 218 g/mol. The number of unbranched alkanes of at least 4 members (excludes halogenated alkanes) is 4. The molecule has 0 unspecified atom stereocenters. The van der Waals surface area contributed by atoms with Gasteiger partial charge in [0.1, 0.15) is 0 Å². The summed E-state index contributed by atoms with van der Waals surface area (Å²) in [5, 5.41) is 12.0. The van der Waals surface area contributed by atoms with Crippen molar-refractivity contribution in [2.45, 2.75) is 38.5 Å². The Morgan fingerprint density at radius 2 is 1.53 bits per heavy atom. The Bertz CT molecular complexity index is 120. The van der Waals surface area contributed by atoms with Gasteiger partial charge in [0.15, 0.2) is 0 Å². The van der Waals surface area contributed by atoms with Crippen molar-refractivity contribution in [3.8, 4) is 0 Å². The minimum atomic E-state index is 0.330. The van der Waals surface area contributed by atoms with Crippen molar-refractivity contribution in [3.05, 3.63) is 0 Å². The van der Waals surface area contributed by atoms with Crippen LogP contribution in [0.5, 0.6) is 0 Å². The molecule has 0 radical (unpaired) electrons. The van der Waals surface area contributed by atoms with Crippen LogP contribution in [0.15, 0.2) is 0 Å². The maximum Gasteiger partial charge on any atom is 0.0700 e. The summed E-state index contributed by atoms with van der Waals surface area (Å²) in [6.07, 6.45) is 6.80. The molecule has 0 aromatic rings. The van der Waals surface area contributed by atoms with E-state index in [0.717, 1.165) is 39.0 Å². The molecule has 104 valence electrons. The Morgan fingerprint density at radius 1 is 0.824 bits per heavy atom. The van der Waals surface area contributed by atoms with Crippen molar-refractivity contribution in [1.29, 1.82) is 0 Å². The third kappa shape index (κ3) is 15.8. The van der Waals surface area contributed by atoms with E-state index in [1.54, 1.807) is 7.11 Å². The summed E-state index contributed by atoms with van der Waals surface area (Å²) >= 11 is 0. The van der Waals surface area contributed by atoms with Gasteiger partial charge in [0, 0.05) is 20.3 Å². The molecule has 0 aromatic heterocycles. The second kappa shape index (κ2) is 15.8. The highest BCUT2D eigenvalue weighted by Crippen LogP contribution is 1.97. The Kier molecular flexibility index (Phi) is 15.7. The number of nitrogens with one attached hydrogen (secondary N) is 1. The van der Waals surface area contributed by atoms with Crippen LogP contribution in [0.3, 0.4) is 0 Å². The zero-order chi connectivity index (χ0) is 12.6. The van der Waals surface area contributed by atoms with E-state index < -0.39 is 0 Å². The minimum absolute atomic E-state index is 0.330. The van der Waals surface area contributed by atoms with Gasteiger partial charge in [0.05, 0.1) is 13.2 Å². The quantitative estimate of drug-likeness (QED) is 0.458. The molecule has 0 fully saturated rings. The minimum Gasteiger partial charge on any atom is -0.396 e. The molecule has 0 aliphatic rings. The third-order valence-electron chi connectivity index (χ3n) is 2.59. The largest absolute Gasteiger partial charge is 0.396 e. The van der Waals surface area contributed by atoms with Crippen LogP contribution in [-0.4, -0.2) is 51.7 Å². The molecule has 2 N–H and O–H groups in total. The lowest BCUT2D eigenvalue weighted by molar-refractivity contribution is 0.0688. The van der Waals surface area contributed by atoms with Crippen LogP contribution in [0.4, 0.5) is 0 Å². The molecule has 0 spiro atoms. The van der Waals surface area contributed by atoms with Crippen molar-refractivity contribution in [3.63, 3.8) is 0 Å². The van der Waals surface area contributed by atoms with E-state index in [1.807, 2.05) is 0 Å². The van der Waals surface area contributed by atoms with E-state index in [1.165, 1.54) is 19.3 Å². The lowest BCUT2D eigenvalue weighted by Gasteiger charge is -2.05. The lowest BCUT2D eigenvalue weighted by Crippen LogP contribution is -2.17. The summed E-state index contributed by atoms with van der Waals surface area (Å²) in [6, 6.07) is 0. The summed E-state index contributed by atoms with van der Waals surface area (Å²) in [7, 11) is 1.69. The molecular formula is C13H29NO3. The van der Waals surface area contributed by atoms with E-state index >= 15 is 0 Å². The molecule has 4 heteroatoms. The fourth-order valence-electron chi connectivity index (χ4n) is 1.54. The molecule has 0 bridgehead atoms. The first kappa shape index (κ1) is 16.8. The Hall–Kier alpha value is -0.160. The topological polar surface area (TPSA) is 50.7 Å². The van der Waals surface area contributed by atoms with Crippen molar-refractivity contribution >= 4 is 0 Å². The third-order valence-corrected chi connectivity index (χ3v) is 2.59. The van der Waals surface area contributed by atoms with Crippen LogP contribution in [0.2, 0.25) is 0 Å². The highest BCUT2D eigenvalue weighted by molar-refractivity contribution is 4.50. The molecule has 0 saturated heterocycles. The highest BCUT2D eigenvalue weighted by Gasteiger charge is 1.92. The highest BCUT2D eigenvalue weighted by atomic mass is 16.5. The number of hydrogen-bond donors (Lipinski definition) is 2. The number of methoxy groups -OCH3 is 1. The Morgan fingerprint density at radius 3 is 2.24 bits per heavy atom. The molecule has 0 aliphatic carbocycles. The average Bonchev–Trinajstić information content (AvgIpc) is 2.35. The fraction of sp³-hybridized carbons (Fsp3) is 1.00. The lowest BCUT2D eigenvalue weighted by atomic mass is 10.2. The van der Waals surface area contributed by atoms with Crippen molar-refractivity contribution < 1.29 is 14.6 Å². The standard InChI is InChI=1S/C13H29NO3/c1-16-12-13-17-11-7-5-9-14-8-4-2-3-6-10-15/h14-15H,2-13H2,1H3. The number of rotatable bonds is 14. The molecule has 0 saturated carbocycles. The molecule has 4 nitrogen and oxygen atoms in total. The summed E-state index contributed by atoms with van der Waals surface area (Å²) < 4.78 is 10.3. The maximum absolute atomic E-state index is 8.61. The number of ether oxygens (including phenoxy) is 2. The van der Waals surface area contributed by atoms with Gasteiger partial charge in [-0.2, -0.15) is 0 Å². The average molecular weight is 247 g/mol. The van der Waals surface area contributed by atoms with E-state index in [9.17, 15) is 0 Å². The van der Waals surface area contributed by atoms with Crippen LogP contribution >= 0.6 is 0 Å². The first-order chi connectivity index (χ1) is 8.41. The molecule has 0 amide bonds. The van der Waals surface area contributed by atoms with Crippen molar-refractivity contribution in [2.24, 2.45) is 0 Å². The fourth-order valence-corrected chi connectivity index (χ4v) is 1.54. The van der Waals surface area contributed by atoms with Crippen LogP contribution in [-0.2, 0) is 9.47 Å². The maximum atomic E-state index is 8.61. The predicted octanol–water partition coefficient (Wildman–Crippen LogP) is 1.57. The van der Waals surface area contributed by atoms with Gasteiger partial charge in [-0.25, -0.2) is 0 Å². The summed E-state index contributed by atoms with van der Waals surface area (Å²) in [5.74, 6) is 0. The van der Waals surface area contributed by atoms with Gasteiger partial charge in [-0.05, 0) is 38.8 Å². The number of aliphatic hydroxyl groups excluding tert-OH is 1.